The molecule has 1 aromatic carbocycles. The van der Waals surface area contributed by atoms with Gasteiger partial charge in [-0.25, -0.2) is 4.98 Å². The molecular formula is C22H32N4O2S. The highest BCUT2D eigenvalue weighted by atomic mass is 32.1. The topological polar surface area (TPSA) is 57.7 Å². The Morgan fingerprint density at radius 2 is 2.00 bits per heavy atom. The third kappa shape index (κ3) is 5.20. The summed E-state index contributed by atoms with van der Waals surface area (Å²) >= 11 is 1.74. The van der Waals surface area contributed by atoms with Gasteiger partial charge in [0.2, 0.25) is 5.91 Å². The second kappa shape index (κ2) is 9.76. The SMILES string of the molecule is CCOc1ccc2nc(N3CCN(CCNC(=O)C4CCCCC4)CC3)sc2c1. The Morgan fingerprint density at radius 3 is 2.76 bits per heavy atom. The van der Waals surface area contributed by atoms with E-state index >= 15 is 0 Å². The number of amides is 1. The number of hydrogen-bond acceptors (Lipinski definition) is 6. The maximum absolute atomic E-state index is 12.3. The van der Waals surface area contributed by atoms with Crippen LogP contribution in [0.1, 0.15) is 39.0 Å². The Kier molecular flexibility index (Phi) is 6.87. The van der Waals surface area contributed by atoms with E-state index in [0.29, 0.717) is 6.61 Å². The van der Waals surface area contributed by atoms with E-state index < -0.39 is 0 Å². The molecule has 29 heavy (non-hydrogen) atoms. The number of ether oxygens (including phenoxy) is 1. The van der Waals surface area contributed by atoms with Crippen LogP contribution in [0.25, 0.3) is 10.2 Å². The lowest BCUT2D eigenvalue weighted by atomic mass is 9.89. The van der Waals surface area contributed by atoms with E-state index in [-0.39, 0.29) is 11.8 Å². The number of carbonyl (C=O) groups is 1. The number of fused-ring (bicyclic) bond motifs is 1. The highest BCUT2D eigenvalue weighted by Gasteiger charge is 2.22. The van der Waals surface area contributed by atoms with Gasteiger partial charge in [0.1, 0.15) is 5.75 Å². The Labute approximate surface area is 177 Å². The molecule has 2 aromatic rings. The zero-order valence-corrected chi connectivity index (χ0v) is 18.2. The maximum atomic E-state index is 12.3. The molecule has 1 aliphatic carbocycles. The highest BCUT2D eigenvalue weighted by molar-refractivity contribution is 7.22. The number of carbonyl (C=O) groups excluding carboxylic acids is 1. The summed E-state index contributed by atoms with van der Waals surface area (Å²) < 4.78 is 6.78. The summed E-state index contributed by atoms with van der Waals surface area (Å²) in [5.74, 6) is 1.43. The van der Waals surface area contributed by atoms with Crippen molar-refractivity contribution in [2.75, 3.05) is 50.8 Å². The fraction of sp³-hybridized carbons (Fsp3) is 0.636. The molecule has 2 heterocycles. The first-order valence-corrected chi connectivity index (χ1v) is 11.8. The van der Waals surface area contributed by atoms with E-state index in [1.54, 1.807) is 11.3 Å². The monoisotopic (exact) mass is 416 g/mol. The molecule has 0 unspecified atom stereocenters. The molecule has 1 saturated heterocycles. The Hall–Kier alpha value is -1.86. The van der Waals surface area contributed by atoms with Gasteiger partial charge in [-0.05, 0) is 38.0 Å². The highest BCUT2D eigenvalue weighted by Crippen LogP contribution is 2.32. The third-order valence-corrected chi connectivity index (χ3v) is 7.08. The van der Waals surface area contributed by atoms with Gasteiger partial charge in [-0.15, -0.1) is 0 Å². The largest absolute Gasteiger partial charge is 0.494 e. The Morgan fingerprint density at radius 1 is 1.21 bits per heavy atom. The van der Waals surface area contributed by atoms with Gasteiger partial charge in [-0.2, -0.15) is 0 Å². The predicted molar refractivity (Wildman–Crippen MR) is 119 cm³/mol. The minimum Gasteiger partial charge on any atom is -0.494 e. The smallest absolute Gasteiger partial charge is 0.223 e. The predicted octanol–water partition coefficient (Wildman–Crippen LogP) is 3.51. The molecule has 4 rings (SSSR count). The summed E-state index contributed by atoms with van der Waals surface area (Å²) in [6.07, 6.45) is 5.84. The van der Waals surface area contributed by atoms with Gasteiger partial charge in [0, 0.05) is 45.2 Å². The van der Waals surface area contributed by atoms with Gasteiger partial charge in [-0.1, -0.05) is 30.6 Å². The first kappa shape index (κ1) is 20.4. The van der Waals surface area contributed by atoms with Crippen LogP contribution >= 0.6 is 11.3 Å². The first-order valence-electron chi connectivity index (χ1n) is 11.0. The molecule has 2 fully saturated rings. The zero-order chi connectivity index (χ0) is 20.1. The average Bonchev–Trinajstić information content (AvgIpc) is 3.18. The minimum absolute atomic E-state index is 0.253. The van der Waals surface area contributed by atoms with E-state index in [2.05, 4.69) is 21.2 Å². The molecule has 0 radical (unpaired) electrons. The Bertz CT molecular complexity index is 810. The number of aromatic nitrogens is 1. The molecule has 0 spiro atoms. The second-order valence-electron chi connectivity index (χ2n) is 8.01. The van der Waals surface area contributed by atoms with Crippen LogP contribution in [0.15, 0.2) is 18.2 Å². The molecule has 7 heteroatoms. The average molecular weight is 417 g/mol. The van der Waals surface area contributed by atoms with Crippen molar-refractivity contribution in [3.63, 3.8) is 0 Å². The van der Waals surface area contributed by atoms with E-state index in [1.165, 1.54) is 24.0 Å². The maximum Gasteiger partial charge on any atom is 0.223 e. The number of benzene rings is 1. The molecule has 158 valence electrons. The number of hydrogen-bond donors (Lipinski definition) is 1. The molecule has 1 aliphatic heterocycles. The fourth-order valence-electron chi connectivity index (χ4n) is 4.29. The van der Waals surface area contributed by atoms with Gasteiger partial charge in [0.05, 0.1) is 16.8 Å². The fourth-order valence-corrected chi connectivity index (χ4v) is 5.34. The van der Waals surface area contributed by atoms with Crippen LogP contribution in [-0.2, 0) is 4.79 Å². The van der Waals surface area contributed by atoms with Gasteiger partial charge in [-0.3, -0.25) is 9.69 Å². The van der Waals surface area contributed by atoms with Crippen LogP contribution in [0.4, 0.5) is 5.13 Å². The molecule has 1 N–H and O–H groups in total. The molecule has 1 aromatic heterocycles. The molecule has 1 saturated carbocycles. The number of nitrogens with zero attached hydrogens (tertiary/aromatic N) is 3. The molecule has 6 nitrogen and oxygen atoms in total. The van der Waals surface area contributed by atoms with Crippen LogP contribution < -0.4 is 15.0 Å². The van der Waals surface area contributed by atoms with Crippen molar-refractivity contribution in [2.45, 2.75) is 39.0 Å². The van der Waals surface area contributed by atoms with Gasteiger partial charge < -0.3 is 15.0 Å². The van der Waals surface area contributed by atoms with Gasteiger partial charge in [0.25, 0.3) is 0 Å². The van der Waals surface area contributed by atoms with Crippen molar-refractivity contribution < 1.29 is 9.53 Å². The van der Waals surface area contributed by atoms with Crippen molar-refractivity contribution in [1.29, 1.82) is 0 Å². The molecule has 0 bridgehead atoms. The number of piperazine rings is 1. The zero-order valence-electron chi connectivity index (χ0n) is 17.4. The normalized spacial score (nSPS) is 18.9. The lowest BCUT2D eigenvalue weighted by molar-refractivity contribution is -0.125. The van der Waals surface area contributed by atoms with Crippen LogP contribution in [0, 0.1) is 5.92 Å². The second-order valence-corrected chi connectivity index (χ2v) is 9.02. The van der Waals surface area contributed by atoms with Gasteiger partial charge in [0.15, 0.2) is 5.13 Å². The van der Waals surface area contributed by atoms with E-state index in [1.807, 2.05) is 19.1 Å². The van der Waals surface area contributed by atoms with Crippen LogP contribution in [-0.4, -0.2) is 61.7 Å². The number of nitrogens with one attached hydrogen (secondary N) is 1. The molecule has 1 amide bonds. The van der Waals surface area contributed by atoms with Gasteiger partial charge >= 0.3 is 0 Å². The number of anilines is 1. The van der Waals surface area contributed by atoms with Crippen molar-refractivity contribution in [3.05, 3.63) is 18.2 Å². The summed E-state index contributed by atoms with van der Waals surface area (Å²) in [5.41, 5.74) is 1.04. The third-order valence-electron chi connectivity index (χ3n) is 6.01. The summed E-state index contributed by atoms with van der Waals surface area (Å²) in [7, 11) is 0. The van der Waals surface area contributed by atoms with Crippen LogP contribution in [0.5, 0.6) is 5.75 Å². The van der Waals surface area contributed by atoms with Crippen molar-refractivity contribution >= 4 is 32.6 Å². The lowest BCUT2D eigenvalue weighted by Crippen LogP contribution is -2.48. The molecular weight excluding hydrogens is 384 g/mol. The summed E-state index contributed by atoms with van der Waals surface area (Å²) in [4.78, 5) is 21.9. The van der Waals surface area contributed by atoms with Crippen molar-refractivity contribution in [2.24, 2.45) is 5.92 Å². The Balaban J connectivity index is 1.23. The quantitative estimate of drug-likeness (QED) is 0.748. The summed E-state index contributed by atoms with van der Waals surface area (Å²) in [6.45, 7) is 8.37. The van der Waals surface area contributed by atoms with Crippen LogP contribution in [0.2, 0.25) is 0 Å². The molecule has 0 atom stereocenters. The van der Waals surface area contributed by atoms with E-state index in [0.717, 1.165) is 68.5 Å². The summed E-state index contributed by atoms with van der Waals surface area (Å²) in [5, 5.41) is 4.26. The van der Waals surface area contributed by atoms with Crippen molar-refractivity contribution in [3.8, 4) is 5.75 Å². The first-order chi connectivity index (χ1) is 14.2. The molecule has 2 aliphatic rings. The van der Waals surface area contributed by atoms with E-state index in [4.69, 9.17) is 9.72 Å². The summed E-state index contributed by atoms with van der Waals surface area (Å²) in [6, 6.07) is 6.13. The standard InChI is InChI=1S/C22H32N4O2S/c1-2-28-18-8-9-19-20(16-18)29-22(24-19)26-14-12-25(13-15-26)11-10-23-21(27)17-6-4-3-5-7-17/h8-9,16-17H,2-7,10-15H2,1H3,(H,23,27). The lowest BCUT2D eigenvalue weighted by Gasteiger charge is -2.34. The van der Waals surface area contributed by atoms with E-state index in [9.17, 15) is 4.79 Å². The number of thiazole rings is 1. The minimum atomic E-state index is 0.253. The van der Waals surface area contributed by atoms with Crippen molar-refractivity contribution in [1.82, 2.24) is 15.2 Å². The number of rotatable bonds is 7. The van der Waals surface area contributed by atoms with Crippen LogP contribution in [0.3, 0.4) is 0 Å².